The highest BCUT2D eigenvalue weighted by molar-refractivity contribution is 6.44. The Morgan fingerprint density at radius 2 is 1.87 bits per heavy atom. The molecule has 0 aliphatic carbocycles. The van der Waals surface area contributed by atoms with E-state index in [0.29, 0.717) is 10.7 Å². The molecule has 0 spiro atoms. The molecule has 0 saturated heterocycles. The molecule has 1 aromatic heterocycles. The van der Waals surface area contributed by atoms with E-state index in [1.165, 1.54) is 0 Å². The van der Waals surface area contributed by atoms with Crippen LogP contribution in [0.15, 0.2) is 30.5 Å². The first-order valence-electron chi connectivity index (χ1n) is 4.26. The predicted octanol–water partition coefficient (Wildman–Crippen LogP) is 4.21. The molecule has 0 bridgehead atoms. The maximum absolute atomic E-state index is 6.06. The summed E-state index contributed by atoms with van der Waals surface area (Å²) in [7, 11) is 0. The molecule has 0 atom stereocenters. The quantitative estimate of drug-likeness (QED) is 0.806. The van der Waals surface area contributed by atoms with Crippen molar-refractivity contribution in [1.82, 2.24) is 10.2 Å². The maximum Gasteiger partial charge on any atom is 0.149 e. The van der Waals surface area contributed by atoms with Gasteiger partial charge in [0.15, 0.2) is 0 Å². The summed E-state index contributed by atoms with van der Waals surface area (Å²) in [5, 5.41) is 7.31. The minimum absolute atomic E-state index is 0.640. The van der Waals surface area contributed by atoms with Gasteiger partial charge in [-0.05, 0) is 6.07 Å². The summed E-state index contributed by atoms with van der Waals surface area (Å²) in [6.07, 6.45) is 1.66. The van der Waals surface area contributed by atoms with Crippen molar-refractivity contribution in [1.29, 1.82) is 0 Å². The van der Waals surface area contributed by atoms with Crippen molar-refractivity contribution in [3.8, 4) is 11.1 Å². The third-order valence-corrected chi connectivity index (χ3v) is 2.82. The first kappa shape index (κ1) is 10.8. The van der Waals surface area contributed by atoms with Gasteiger partial charge in [-0.25, -0.2) is 0 Å². The van der Waals surface area contributed by atoms with Gasteiger partial charge in [0.1, 0.15) is 4.84 Å². The zero-order valence-electron chi connectivity index (χ0n) is 7.55. The topological polar surface area (TPSA) is 28.7 Å². The Morgan fingerprint density at radius 1 is 1.13 bits per heavy atom. The van der Waals surface area contributed by atoms with E-state index in [4.69, 9.17) is 34.8 Å². The first-order valence-corrected chi connectivity index (χ1v) is 5.51. The lowest BCUT2D eigenvalue weighted by atomic mass is 10.1. The number of aromatic amines is 1. The van der Waals surface area contributed by atoms with E-state index in [1.807, 2.05) is 24.3 Å². The normalized spacial score (nSPS) is 10.9. The smallest absolute Gasteiger partial charge is 0.149 e. The molecule has 5 heteroatoms. The monoisotopic (exact) mass is 260 g/mol. The number of nitrogens with one attached hydrogen (secondary N) is 1. The summed E-state index contributed by atoms with van der Waals surface area (Å²) in [4.78, 5) is -0.640. The van der Waals surface area contributed by atoms with E-state index in [2.05, 4.69) is 10.2 Å². The van der Waals surface area contributed by atoms with Crippen LogP contribution in [0.5, 0.6) is 0 Å². The Labute approximate surface area is 102 Å². The van der Waals surface area contributed by atoms with Crippen molar-refractivity contribution in [2.24, 2.45) is 0 Å². The Morgan fingerprint density at radius 3 is 2.53 bits per heavy atom. The van der Waals surface area contributed by atoms with Gasteiger partial charge in [0.25, 0.3) is 0 Å². The minimum atomic E-state index is -0.640. The van der Waals surface area contributed by atoms with Crippen molar-refractivity contribution in [3.05, 3.63) is 41.2 Å². The van der Waals surface area contributed by atoms with Crippen LogP contribution in [0, 0.1) is 0 Å². The van der Waals surface area contributed by atoms with Crippen LogP contribution in [0.3, 0.4) is 0 Å². The zero-order chi connectivity index (χ0) is 10.8. The van der Waals surface area contributed by atoms with Gasteiger partial charge in [-0.2, -0.15) is 5.10 Å². The van der Waals surface area contributed by atoms with Crippen LogP contribution >= 0.6 is 34.8 Å². The molecule has 2 nitrogen and oxygen atoms in total. The second-order valence-corrected chi connectivity index (χ2v) is 4.48. The molecule has 2 rings (SSSR count). The van der Waals surface area contributed by atoms with Crippen LogP contribution in [-0.2, 0) is 0 Å². The van der Waals surface area contributed by atoms with Crippen molar-refractivity contribution in [3.63, 3.8) is 0 Å². The molecule has 0 saturated carbocycles. The number of hydrogen-bond donors (Lipinski definition) is 1. The first-order chi connectivity index (χ1) is 7.20. The second-order valence-electron chi connectivity index (χ2n) is 2.98. The lowest BCUT2D eigenvalue weighted by Gasteiger charge is -2.05. The highest BCUT2D eigenvalue weighted by Gasteiger charge is 2.15. The molecule has 0 aliphatic heterocycles. The van der Waals surface area contributed by atoms with Crippen LogP contribution in [0.25, 0.3) is 11.1 Å². The van der Waals surface area contributed by atoms with Crippen LogP contribution < -0.4 is 0 Å². The van der Waals surface area contributed by atoms with E-state index in [9.17, 15) is 0 Å². The molecule has 0 radical (unpaired) electrons. The SMILES string of the molecule is Clc1ccccc1-c1cn[nH]c1C(Cl)Cl. The molecule has 15 heavy (non-hydrogen) atoms. The number of halogens is 3. The van der Waals surface area contributed by atoms with Crippen LogP contribution in [0.4, 0.5) is 0 Å². The molecule has 0 aliphatic rings. The van der Waals surface area contributed by atoms with Gasteiger partial charge in [-0.15, -0.1) is 0 Å². The number of rotatable bonds is 2. The third kappa shape index (κ3) is 2.12. The molecule has 1 aromatic carbocycles. The van der Waals surface area contributed by atoms with Crippen LogP contribution in [0.1, 0.15) is 10.5 Å². The second kappa shape index (κ2) is 4.44. The number of benzene rings is 1. The number of aromatic nitrogens is 2. The van der Waals surface area contributed by atoms with Crippen molar-refractivity contribution in [2.45, 2.75) is 4.84 Å². The third-order valence-electron chi connectivity index (χ3n) is 2.05. The Hall–Kier alpha value is -0.700. The van der Waals surface area contributed by atoms with Gasteiger partial charge in [-0.1, -0.05) is 53.0 Å². The molecule has 2 aromatic rings. The molecule has 78 valence electrons. The van der Waals surface area contributed by atoms with Gasteiger partial charge in [0.05, 0.1) is 11.9 Å². The fourth-order valence-corrected chi connectivity index (χ4v) is 1.93. The molecule has 1 heterocycles. The lowest BCUT2D eigenvalue weighted by Crippen LogP contribution is -1.86. The fraction of sp³-hybridized carbons (Fsp3) is 0.100. The molecule has 0 amide bonds. The average molecular weight is 262 g/mol. The summed E-state index contributed by atoms with van der Waals surface area (Å²) < 4.78 is 0. The number of alkyl halides is 2. The molecule has 0 fully saturated rings. The van der Waals surface area contributed by atoms with Crippen molar-refractivity contribution < 1.29 is 0 Å². The number of H-pyrrole nitrogens is 1. The van der Waals surface area contributed by atoms with Gasteiger partial charge in [-0.3, -0.25) is 5.10 Å². The maximum atomic E-state index is 6.06. The summed E-state index contributed by atoms with van der Waals surface area (Å²) in [6.45, 7) is 0. The van der Waals surface area contributed by atoms with Crippen molar-refractivity contribution >= 4 is 34.8 Å². The lowest BCUT2D eigenvalue weighted by molar-refractivity contribution is 1.03. The van der Waals surface area contributed by atoms with E-state index >= 15 is 0 Å². The van der Waals surface area contributed by atoms with Crippen LogP contribution in [-0.4, -0.2) is 10.2 Å². The number of nitrogens with zero attached hydrogens (tertiary/aromatic N) is 1. The van der Waals surface area contributed by atoms with E-state index < -0.39 is 4.84 Å². The summed E-state index contributed by atoms with van der Waals surface area (Å²) in [6, 6.07) is 7.47. The van der Waals surface area contributed by atoms with E-state index in [1.54, 1.807) is 6.20 Å². The van der Waals surface area contributed by atoms with E-state index in [0.717, 1.165) is 11.1 Å². The Balaban J connectivity index is 2.55. The van der Waals surface area contributed by atoms with E-state index in [-0.39, 0.29) is 0 Å². The molecule has 1 N–H and O–H groups in total. The fourth-order valence-electron chi connectivity index (χ4n) is 1.36. The predicted molar refractivity (Wildman–Crippen MR) is 63.5 cm³/mol. The highest BCUT2D eigenvalue weighted by Crippen LogP contribution is 2.35. The van der Waals surface area contributed by atoms with Gasteiger partial charge in [0.2, 0.25) is 0 Å². The molecular formula is C10H7Cl3N2. The summed E-state index contributed by atoms with van der Waals surface area (Å²) >= 11 is 17.7. The summed E-state index contributed by atoms with van der Waals surface area (Å²) in [5.41, 5.74) is 2.36. The van der Waals surface area contributed by atoms with Gasteiger partial charge < -0.3 is 0 Å². The highest BCUT2D eigenvalue weighted by atomic mass is 35.5. The number of hydrogen-bond acceptors (Lipinski definition) is 1. The van der Waals surface area contributed by atoms with Crippen LogP contribution in [0.2, 0.25) is 5.02 Å². The Bertz CT molecular complexity index is 465. The minimum Gasteiger partial charge on any atom is -0.279 e. The Kier molecular flexibility index (Phi) is 3.19. The standard InChI is InChI=1S/C10H7Cl3N2/c11-8-4-2-1-3-6(8)7-5-14-15-9(7)10(12)13/h1-5,10H,(H,14,15). The van der Waals surface area contributed by atoms with Gasteiger partial charge >= 0.3 is 0 Å². The van der Waals surface area contributed by atoms with Crippen molar-refractivity contribution in [2.75, 3.05) is 0 Å². The largest absolute Gasteiger partial charge is 0.279 e. The van der Waals surface area contributed by atoms with Gasteiger partial charge in [0, 0.05) is 16.1 Å². The zero-order valence-corrected chi connectivity index (χ0v) is 9.81. The summed E-state index contributed by atoms with van der Waals surface area (Å²) in [5.74, 6) is 0. The molecule has 0 unspecified atom stereocenters. The molecular weight excluding hydrogens is 254 g/mol. The average Bonchev–Trinajstić information content (AvgIpc) is 2.67.